The number of benzene rings is 1. The topological polar surface area (TPSA) is 125 Å². The molecule has 27 heavy (non-hydrogen) atoms. The Balaban J connectivity index is 1.53. The Morgan fingerprint density at radius 1 is 1.22 bits per heavy atom. The summed E-state index contributed by atoms with van der Waals surface area (Å²) in [5.41, 5.74) is 0.804. The molecule has 0 fully saturated rings. The van der Waals surface area contributed by atoms with Gasteiger partial charge >= 0.3 is 5.97 Å². The van der Waals surface area contributed by atoms with Crippen molar-refractivity contribution in [2.45, 2.75) is 18.5 Å². The molecule has 1 N–H and O–H groups in total. The lowest BCUT2D eigenvalue weighted by molar-refractivity contribution is -0.142. The molecular formula is C15H15N7O3S2. The molecule has 2 heterocycles. The molecule has 0 spiro atoms. The van der Waals surface area contributed by atoms with Crippen LogP contribution in [0.4, 0.5) is 5.13 Å². The molecule has 0 aliphatic rings. The molecule has 3 aromatic rings. The fourth-order valence-corrected chi connectivity index (χ4v) is 3.43. The molecule has 0 saturated carbocycles. The van der Waals surface area contributed by atoms with Gasteiger partial charge in [-0.25, -0.2) is 0 Å². The molecule has 0 unspecified atom stereocenters. The summed E-state index contributed by atoms with van der Waals surface area (Å²) in [5.74, 6) is -0.559. The SMILES string of the molecule is CCOC(=O)Cc1nnc(NC(=O)CSc2nnnn2-c2ccccc2)s1. The highest BCUT2D eigenvalue weighted by molar-refractivity contribution is 7.99. The number of amides is 1. The predicted molar refractivity (Wildman–Crippen MR) is 98.8 cm³/mol. The van der Waals surface area contributed by atoms with Crippen LogP contribution in [0.5, 0.6) is 0 Å². The highest BCUT2D eigenvalue weighted by Gasteiger charge is 2.14. The molecule has 140 valence electrons. The summed E-state index contributed by atoms with van der Waals surface area (Å²) in [5, 5.41) is 23.2. The lowest BCUT2D eigenvalue weighted by Crippen LogP contribution is -2.14. The number of anilines is 1. The Morgan fingerprint density at radius 2 is 2.04 bits per heavy atom. The molecule has 0 bridgehead atoms. The number of hydrogen-bond acceptors (Lipinski definition) is 10. The number of tetrazole rings is 1. The number of rotatable bonds is 8. The van der Waals surface area contributed by atoms with E-state index in [1.165, 1.54) is 11.8 Å². The van der Waals surface area contributed by atoms with E-state index in [2.05, 4.69) is 31.0 Å². The molecule has 0 saturated heterocycles. The van der Waals surface area contributed by atoms with Crippen LogP contribution in [0.15, 0.2) is 35.5 Å². The zero-order chi connectivity index (χ0) is 19.1. The summed E-state index contributed by atoms with van der Waals surface area (Å²) in [6.07, 6.45) is 0.0297. The molecule has 3 rings (SSSR count). The minimum Gasteiger partial charge on any atom is -0.466 e. The van der Waals surface area contributed by atoms with Crippen LogP contribution in [-0.4, -0.2) is 54.6 Å². The fraction of sp³-hybridized carbons (Fsp3) is 0.267. The van der Waals surface area contributed by atoms with Gasteiger partial charge in [0.05, 0.1) is 24.5 Å². The maximum Gasteiger partial charge on any atom is 0.312 e. The second kappa shape index (κ2) is 9.19. The molecule has 12 heteroatoms. The van der Waals surface area contributed by atoms with Gasteiger partial charge in [-0.3, -0.25) is 14.9 Å². The number of nitrogens with one attached hydrogen (secondary N) is 1. The van der Waals surface area contributed by atoms with Crippen LogP contribution in [0.25, 0.3) is 5.69 Å². The van der Waals surface area contributed by atoms with Gasteiger partial charge in [0.25, 0.3) is 0 Å². The van der Waals surface area contributed by atoms with Crippen molar-refractivity contribution in [1.29, 1.82) is 0 Å². The van der Waals surface area contributed by atoms with E-state index < -0.39 is 0 Å². The Bertz CT molecular complexity index is 913. The van der Waals surface area contributed by atoms with E-state index in [-0.39, 0.29) is 24.1 Å². The van der Waals surface area contributed by atoms with E-state index in [9.17, 15) is 9.59 Å². The molecule has 0 atom stereocenters. The summed E-state index contributed by atoms with van der Waals surface area (Å²) in [7, 11) is 0. The molecule has 2 aromatic heterocycles. The van der Waals surface area contributed by atoms with Gasteiger partial charge in [-0.15, -0.1) is 15.3 Å². The standard InChI is InChI=1S/C15H15N7O3S2/c1-2-25-13(24)8-12-17-18-14(27-12)16-11(23)9-26-15-19-20-21-22(15)10-6-4-3-5-7-10/h3-7H,2,8-9H2,1H3,(H,16,18,23). The van der Waals surface area contributed by atoms with Crippen molar-refractivity contribution in [3.05, 3.63) is 35.3 Å². The van der Waals surface area contributed by atoms with Crippen molar-refractivity contribution in [2.24, 2.45) is 0 Å². The maximum atomic E-state index is 12.1. The van der Waals surface area contributed by atoms with E-state index in [0.717, 1.165) is 17.0 Å². The van der Waals surface area contributed by atoms with E-state index in [4.69, 9.17) is 4.74 Å². The van der Waals surface area contributed by atoms with Gasteiger partial charge in [-0.1, -0.05) is 41.3 Å². The largest absolute Gasteiger partial charge is 0.466 e. The molecule has 0 radical (unpaired) electrons. The molecule has 10 nitrogen and oxygen atoms in total. The molecule has 0 aliphatic heterocycles. The first kappa shape index (κ1) is 18.9. The van der Waals surface area contributed by atoms with Crippen LogP contribution in [0.1, 0.15) is 11.9 Å². The molecule has 1 aromatic carbocycles. The average molecular weight is 405 g/mol. The van der Waals surface area contributed by atoms with Crippen molar-refractivity contribution < 1.29 is 14.3 Å². The second-order valence-corrected chi connectivity index (χ2v) is 7.03. The van der Waals surface area contributed by atoms with Crippen LogP contribution in [0.3, 0.4) is 0 Å². The van der Waals surface area contributed by atoms with Crippen molar-refractivity contribution in [2.75, 3.05) is 17.7 Å². The normalized spacial score (nSPS) is 10.6. The Morgan fingerprint density at radius 3 is 2.81 bits per heavy atom. The third kappa shape index (κ3) is 5.31. The van der Waals surface area contributed by atoms with Gasteiger partial charge in [-0.2, -0.15) is 4.68 Å². The van der Waals surface area contributed by atoms with Gasteiger partial charge in [0.1, 0.15) is 5.01 Å². The number of thioether (sulfide) groups is 1. The zero-order valence-corrected chi connectivity index (χ0v) is 15.9. The number of ether oxygens (including phenoxy) is 1. The van der Waals surface area contributed by atoms with Gasteiger partial charge in [0, 0.05) is 0 Å². The Hall–Kier alpha value is -2.86. The van der Waals surface area contributed by atoms with E-state index in [1.54, 1.807) is 11.6 Å². The first-order valence-electron chi connectivity index (χ1n) is 7.90. The smallest absolute Gasteiger partial charge is 0.312 e. The van der Waals surface area contributed by atoms with Crippen LogP contribution < -0.4 is 5.32 Å². The van der Waals surface area contributed by atoms with Gasteiger partial charge in [0.2, 0.25) is 16.2 Å². The Kier molecular flexibility index (Phi) is 6.44. The number of carbonyl (C=O) groups excluding carboxylic acids is 2. The van der Waals surface area contributed by atoms with Crippen LogP contribution in [-0.2, 0) is 20.7 Å². The average Bonchev–Trinajstić information content (AvgIpc) is 3.30. The molecular weight excluding hydrogens is 390 g/mol. The number of para-hydroxylation sites is 1. The second-order valence-electron chi connectivity index (χ2n) is 5.03. The first-order chi connectivity index (χ1) is 13.2. The van der Waals surface area contributed by atoms with Crippen molar-refractivity contribution in [3.8, 4) is 5.69 Å². The minimum atomic E-state index is -0.380. The summed E-state index contributed by atoms with van der Waals surface area (Å²) in [6, 6.07) is 9.38. The van der Waals surface area contributed by atoms with E-state index in [0.29, 0.717) is 21.9 Å². The molecule has 1 amide bonds. The minimum absolute atomic E-state index is 0.0297. The summed E-state index contributed by atoms with van der Waals surface area (Å²) in [4.78, 5) is 23.6. The third-order valence-electron chi connectivity index (χ3n) is 3.09. The van der Waals surface area contributed by atoms with Crippen LogP contribution in [0, 0.1) is 0 Å². The number of hydrogen-bond donors (Lipinski definition) is 1. The van der Waals surface area contributed by atoms with Crippen molar-refractivity contribution >= 4 is 40.1 Å². The van der Waals surface area contributed by atoms with Crippen LogP contribution >= 0.6 is 23.1 Å². The lowest BCUT2D eigenvalue weighted by Gasteiger charge is -2.03. The van der Waals surface area contributed by atoms with Gasteiger partial charge in [0.15, 0.2) is 0 Å². The number of nitrogens with zero attached hydrogens (tertiary/aromatic N) is 6. The van der Waals surface area contributed by atoms with E-state index in [1.807, 2.05) is 30.3 Å². The summed E-state index contributed by atoms with van der Waals surface area (Å²) < 4.78 is 6.41. The number of aromatic nitrogens is 6. The van der Waals surface area contributed by atoms with E-state index >= 15 is 0 Å². The van der Waals surface area contributed by atoms with Crippen LogP contribution in [0.2, 0.25) is 0 Å². The maximum absolute atomic E-state index is 12.1. The summed E-state index contributed by atoms with van der Waals surface area (Å²) in [6.45, 7) is 2.04. The third-order valence-corrected chi connectivity index (χ3v) is 4.85. The number of carbonyl (C=O) groups is 2. The Labute approximate surface area is 162 Å². The quantitative estimate of drug-likeness (QED) is 0.436. The first-order valence-corrected chi connectivity index (χ1v) is 9.70. The van der Waals surface area contributed by atoms with Crippen molar-refractivity contribution in [3.63, 3.8) is 0 Å². The summed E-state index contributed by atoms with van der Waals surface area (Å²) >= 11 is 2.33. The highest BCUT2D eigenvalue weighted by Crippen LogP contribution is 2.20. The number of esters is 1. The zero-order valence-electron chi connectivity index (χ0n) is 14.2. The van der Waals surface area contributed by atoms with Crippen molar-refractivity contribution in [1.82, 2.24) is 30.4 Å². The lowest BCUT2D eigenvalue weighted by atomic mass is 10.3. The highest BCUT2D eigenvalue weighted by atomic mass is 32.2. The van der Waals surface area contributed by atoms with Gasteiger partial charge in [-0.05, 0) is 29.5 Å². The molecule has 0 aliphatic carbocycles. The monoisotopic (exact) mass is 405 g/mol. The fourth-order valence-electron chi connectivity index (χ4n) is 2.00. The predicted octanol–water partition coefficient (Wildman–Crippen LogP) is 1.35. The van der Waals surface area contributed by atoms with Gasteiger partial charge < -0.3 is 4.74 Å².